The molecule has 0 radical (unpaired) electrons. The van der Waals surface area contributed by atoms with Crippen LogP contribution in [0, 0.1) is 11.8 Å². The fraction of sp³-hybridized carbons (Fsp3) is 0.700. The van der Waals surface area contributed by atoms with Crippen LogP contribution in [0.1, 0.15) is 26.7 Å². The van der Waals surface area contributed by atoms with E-state index in [1.807, 2.05) is 0 Å². The number of rotatable bonds is 14. The summed E-state index contributed by atoms with van der Waals surface area (Å²) in [5, 5.41) is 28.3. The molecule has 2 rings (SSSR count). The normalized spacial score (nSPS) is 20.9. The second-order valence-corrected chi connectivity index (χ2v) is 9.00. The third-order valence-corrected chi connectivity index (χ3v) is 5.77. The summed E-state index contributed by atoms with van der Waals surface area (Å²) in [6, 6.07) is -3.69. The fourth-order valence-electron chi connectivity index (χ4n) is 3.82. The topological polar surface area (TPSA) is 264 Å². The van der Waals surface area contributed by atoms with Crippen LogP contribution in [-0.2, 0) is 28.8 Å². The molecule has 0 aromatic rings. The van der Waals surface area contributed by atoms with Gasteiger partial charge in [-0.1, -0.05) is 13.8 Å². The highest BCUT2D eigenvalue weighted by Crippen LogP contribution is 2.23. The molecule has 0 saturated carbocycles. The van der Waals surface area contributed by atoms with Crippen molar-refractivity contribution in [2.45, 2.75) is 51.1 Å². The minimum Gasteiger partial charge on any atom is -0.481 e. The maximum absolute atomic E-state index is 12.8. The fourth-order valence-corrected chi connectivity index (χ4v) is 3.82. The van der Waals surface area contributed by atoms with Gasteiger partial charge in [0.2, 0.25) is 23.6 Å². The van der Waals surface area contributed by atoms with Crippen LogP contribution >= 0.6 is 0 Å². The van der Waals surface area contributed by atoms with Crippen LogP contribution in [0.2, 0.25) is 0 Å². The van der Waals surface area contributed by atoms with Gasteiger partial charge in [-0.05, 0) is 18.3 Å². The van der Waals surface area contributed by atoms with Crippen LogP contribution in [0.25, 0.3) is 0 Å². The van der Waals surface area contributed by atoms with Crippen molar-refractivity contribution in [3.05, 3.63) is 0 Å². The molecule has 0 bridgehead atoms. The molecule has 4 atom stereocenters. The molecule has 16 heteroatoms. The second kappa shape index (κ2) is 13.1. The molecule has 36 heavy (non-hydrogen) atoms. The van der Waals surface area contributed by atoms with Crippen molar-refractivity contribution in [1.29, 1.82) is 0 Å². The van der Waals surface area contributed by atoms with Crippen LogP contribution < -0.4 is 37.9 Å². The average Bonchev–Trinajstić information content (AvgIpc) is 3.54. The first-order valence-corrected chi connectivity index (χ1v) is 11.5. The Kier molecular flexibility index (Phi) is 10.5. The van der Waals surface area contributed by atoms with Gasteiger partial charge in [0.15, 0.2) is 0 Å². The van der Waals surface area contributed by atoms with Crippen LogP contribution in [-0.4, -0.2) is 101 Å². The number of nitrogens with zero attached hydrogens (tertiary/aromatic N) is 1. The van der Waals surface area contributed by atoms with Gasteiger partial charge in [0, 0.05) is 13.1 Å². The van der Waals surface area contributed by atoms with E-state index >= 15 is 0 Å². The van der Waals surface area contributed by atoms with Crippen LogP contribution in [0.15, 0.2) is 0 Å². The van der Waals surface area contributed by atoms with E-state index in [0.717, 1.165) is 0 Å². The lowest BCUT2D eigenvalue weighted by molar-refractivity contribution is -0.144. The molecule has 202 valence electrons. The summed E-state index contributed by atoms with van der Waals surface area (Å²) in [6.45, 7) is 3.08. The predicted octanol–water partition coefficient (Wildman–Crippen LogP) is -4.56. The Labute approximate surface area is 207 Å². The number of carbonyl (C=O) groups excluding carboxylic acids is 4. The molecule has 0 spiro atoms. The molecule has 2 heterocycles. The molecule has 10 N–H and O–H groups in total. The lowest BCUT2D eigenvalue weighted by atomic mass is 10.0. The van der Waals surface area contributed by atoms with Crippen molar-refractivity contribution in [2.75, 3.05) is 26.2 Å². The van der Waals surface area contributed by atoms with Crippen molar-refractivity contribution in [1.82, 2.24) is 37.0 Å². The SMILES string of the molecule is CC(C)[C@H](NC(=O)[C@H](CC(=O)O)NC(=O)CNC(=O)[C@H]1C[C@H](CNC2NN2)CN1C(=O)CN)C(=O)O. The molecule has 2 aliphatic heterocycles. The van der Waals surface area contributed by atoms with Gasteiger partial charge in [0.25, 0.3) is 0 Å². The molecule has 0 aromatic heterocycles. The van der Waals surface area contributed by atoms with Crippen molar-refractivity contribution in [3.63, 3.8) is 0 Å². The first-order chi connectivity index (χ1) is 16.9. The highest BCUT2D eigenvalue weighted by atomic mass is 16.4. The first kappa shape index (κ1) is 28.9. The Bertz CT molecular complexity index is 865. The summed E-state index contributed by atoms with van der Waals surface area (Å²) in [7, 11) is 0. The Morgan fingerprint density at radius 2 is 1.75 bits per heavy atom. The van der Waals surface area contributed by atoms with Gasteiger partial charge >= 0.3 is 11.9 Å². The third kappa shape index (κ3) is 8.71. The Hall–Kier alpha value is -3.34. The Balaban J connectivity index is 1.94. The van der Waals surface area contributed by atoms with Crippen molar-refractivity contribution in [2.24, 2.45) is 17.6 Å². The number of nitrogens with one attached hydrogen (secondary N) is 6. The molecule has 4 amide bonds. The third-order valence-electron chi connectivity index (χ3n) is 5.77. The number of nitrogens with two attached hydrogens (primary N) is 1. The van der Waals surface area contributed by atoms with Crippen molar-refractivity contribution in [3.8, 4) is 0 Å². The molecular formula is C20H34N8O8. The first-order valence-electron chi connectivity index (χ1n) is 11.5. The zero-order valence-corrected chi connectivity index (χ0v) is 20.1. The van der Waals surface area contributed by atoms with Gasteiger partial charge in [-0.25, -0.2) is 15.6 Å². The van der Waals surface area contributed by atoms with Crippen molar-refractivity contribution < 1.29 is 39.0 Å². The number of carbonyl (C=O) groups is 6. The minimum atomic E-state index is -1.56. The van der Waals surface area contributed by atoms with Crippen LogP contribution in [0.3, 0.4) is 0 Å². The van der Waals surface area contributed by atoms with E-state index in [4.69, 9.17) is 10.8 Å². The van der Waals surface area contributed by atoms with E-state index in [1.54, 1.807) is 13.8 Å². The van der Waals surface area contributed by atoms with Crippen molar-refractivity contribution >= 4 is 35.6 Å². The molecular weight excluding hydrogens is 480 g/mol. The maximum atomic E-state index is 12.8. The van der Waals surface area contributed by atoms with E-state index in [0.29, 0.717) is 19.5 Å². The maximum Gasteiger partial charge on any atom is 0.326 e. The summed E-state index contributed by atoms with van der Waals surface area (Å²) >= 11 is 0. The van der Waals surface area contributed by atoms with Crippen LogP contribution in [0.4, 0.5) is 0 Å². The number of amides is 4. The van der Waals surface area contributed by atoms with E-state index in [-0.39, 0.29) is 18.8 Å². The number of hydrogen-bond donors (Lipinski definition) is 9. The molecule has 2 fully saturated rings. The van der Waals surface area contributed by atoms with E-state index in [2.05, 4.69) is 32.1 Å². The van der Waals surface area contributed by atoms with Crippen LogP contribution in [0.5, 0.6) is 0 Å². The number of likely N-dealkylation sites (tertiary alicyclic amines) is 1. The van der Waals surface area contributed by atoms with E-state index < -0.39 is 72.6 Å². The largest absolute Gasteiger partial charge is 0.481 e. The summed E-state index contributed by atoms with van der Waals surface area (Å²) in [5.41, 5.74) is 11.2. The number of hydrazine groups is 1. The number of carboxylic acid groups (broad SMARTS) is 2. The van der Waals surface area contributed by atoms with Gasteiger partial charge in [-0.2, -0.15) is 0 Å². The summed E-state index contributed by atoms with van der Waals surface area (Å²) < 4.78 is 0. The second-order valence-electron chi connectivity index (χ2n) is 9.00. The Morgan fingerprint density at radius 3 is 2.28 bits per heavy atom. The standard InChI is InChI=1S/C20H34N8O8/c1-9(2)16(19(35)36)25-17(33)11(4-15(31)32)24-13(29)7-22-18(34)12-3-10(6-23-20-26-27-20)8-28(12)14(30)5-21/h9-12,16,20,23,26-27H,3-8,21H2,1-2H3,(H,22,34)(H,24,29)(H,25,33)(H,31,32)(H,35,36)/t10-,11+,12-,16+/m1/s1. The van der Waals surface area contributed by atoms with Gasteiger partial charge in [-0.3, -0.25) is 29.3 Å². The van der Waals surface area contributed by atoms with E-state index in [9.17, 15) is 33.9 Å². The number of aliphatic carboxylic acids is 2. The highest BCUT2D eigenvalue weighted by molar-refractivity contribution is 5.95. The van der Waals surface area contributed by atoms with Gasteiger partial charge in [0.1, 0.15) is 24.4 Å². The molecule has 16 nitrogen and oxygen atoms in total. The summed E-state index contributed by atoms with van der Waals surface area (Å²) in [6.07, 6.45) is -0.478. The highest BCUT2D eigenvalue weighted by Gasteiger charge is 2.39. The monoisotopic (exact) mass is 514 g/mol. The average molecular weight is 515 g/mol. The molecule has 2 saturated heterocycles. The predicted molar refractivity (Wildman–Crippen MR) is 122 cm³/mol. The lowest BCUT2D eigenvalue weighted by Gasteiger charge is -2.24. The Morgan fingerprint density at radius 1 is 1.08 bits per heavy atom. The van der Waals surface area contributed by atoms with Gasteiger partial charge in [0.05, 0.1) is 19.5 Å². The summed E-state index contributed by atoms with van der Waals surface area (Å²) in [4.78, 5) is 73.7. The minimum absolute atomic E-state index is 0.0255. The van der Waals surface area contributed by atoms with E-state index in [1.165, 1.54) is 4.90 Å². The zero-order chi connectivity index (χ0) is 27.0. The lowest BCUT2D eigenvalue weighted by Crippen LogP contribution is -2.55. The number of hydrogen-bond acceptors (Lipinski definition) is 10. The van der Waals surface area contributed by atoms with Gasteiger partial charge in [-0.15, -0.1) is 0 Å². The summed E-state index contributed by atoms with van der Waals surface area (Å²) in [5.74, 6) is -6.08. The smallest absolute Gasteiger partial charge is 0.326 e. The molecule has 0 unspecified atom stereocenters. The van der Waals surface area contributed by atoms with Gasteiger partial charge < -0.3 is 36.8 Å². The quantitative estimate of drug-likeness (QED) is 0.0992. The molecule has 0 aromatic carbocycles. The number of carboxylic acids is 2. The zero-order valence-electron chi connectivity index (χ0n) is 20.1. The molecule has 2 aliphatic rings. The molecule has 0 aliphatic carbocycles.